The van der Waals surface area contributed by atoms with E-state index in [2.05, 4.69) is 0 Å². The molecule has 0 rings (SSSR count). The summed E-state index contributed by atoms with van der Waals surface area (Å²) in [4.78, 5) is 0. The van der Waals surface area contributed by atoms with E-state index in [1.807, 2.05) is 0 Å². The van der Waals surface area contributed by atoms with Gasteiger partial charge in [0.2, 0.25) is 0 Å². The molecule has 0 aromatic heterocycles. The summed E-state index contributed by atoms with van der Waals surface area (Å²) in [6.07, 6.45) is 0. The minimum atomic E-state index is -5.17. The fourth-order valence-electron chi connectivity index (χ4n) is 0. The zero-order valence-corrected chi connectivity index (χ0v) is 7.92. The van der Waals surface area contributed by atoms with Gasteiger partial charge in [0.1, 0.15) is 0 Å². The smallest absolute Gasteiger partial charge is 2.00 e. The Labute approximate surface area is 79.9 Å². The van der Waals surface area contributed by atoms with Gasteiger partial charge in [-0.25, -0.2) is 0 Å². The Morgan fingerprint density at radius 3 is 0.833 bits per heavy atom. The van der Waals surface area contributed by atoms with Crippen LogP contribution in [0.3, 0.4) is 0 Å². The Bertz CT molecular complexity index is 93.0. The quantitative estimate of drug-likeness (QED) is 0.232. The van der Waals surface area contributed by atoms with E-state index >= 15 is 0 Å². The van der Waals surface area contributed by atoms with Crippen molar-refractivity contribution in [2.75, 3.05) is 0 Å². The molecule has 0 aliphatic rings. The van der Waals surface area contributed by atoms with Crippen LogP contribution in [0.1, 0.15) is 0 Å². The molecule has 0 bridgehead atoms. The van der Waals surface area contributed by atoms with Crippen LogP contribution in [-0.4, -0.2) is 23.0 Å². The first-order valence-corrected chi connectivity index (χ1v) is 2.00. The summed E-state index contributed by atoms with van der Waals surface area (Å²) in [5.41, 5.74) is 0. The maximum atomic E-state index is 8.52. The van der Waals surface area contributed by atoms with Crippen LogP contribution in [0, 0.1) is 0 Å². The molecular formula is H14O10SV+4. The minimum Gasteiger partial charge on any atom is -2.00 e. The molecule has 14 N–H and O–H groups in total. The summed E-state index contributed by atoms with van der Waals surface area (Å²) in [5.74, 6) is 0. The predicted molar refractivity (Wildman–Crippen MR) is 34.3 cm³/mol. The average molecular weight is 257 g/mol. The van der Waals surface area contributed by atoms with Gasteiger partial charge in [0, 0.05) is 10.4 Å². The molecule has 0 aromatic carbocycles. The first-order valence-electron chi connectivity index (χ1n) is 0.667. The molecule has 0 spiro atoms. The van der Waals surface area contributed by atoms with Crippen LogP contribution in [0.25, 0.3) is 0 Å². The molecule has 0 fully saturated rings. The number of rotatable bonds is 0. The van der Waals surface area contributed by atoms with Gasteiger partial charge in [0.05, 0.1) is 0 Å². The molecule has 12 heavy (non-hydrogen) atoms. The van der Waals surface area contributed by atoms with Crippen LogP contribution < -0.4 is 0 Å². The molecule has 0 heterocycles. The van der Waals surface area contributed by atoms with Crippen molar-refractivity contribution >= 4 is 10.4 Å². The number of hydrogen-bond donors (Lipinski definition) is 0. The van der Waals surface area contributed by atoms with Crippen LogP contribution in [0.5, 0.6) is 0 Å². The largest absolute Gasteiger partial charge is 4.00 e. The van der Waals surface area contributed by atoms with Crippen molar-refractivity contribution in [1.82, 2.24) is 0 Å². The fourth-order valence-corrected chi connectivity index (χ4v) is 0. The van der Waals surface area contributed by atoms with Crippen LogP contribution >= 0.6 is 0 Å². The molecule has 1 radical (unpaired) electrons. The molecule has 12 heteroatoms. The third kappa shape index (κ3) is 18900. The van der Waals surface area contributed by atoms with Crippen LogP contribution in [0.4, 0.5) is 0 Å². The Morgan fingerprint density at radius 1 is 0.833 bits per heavy atom. The van der Waals surface area contributed by atoms with Crippen molar-refractivity contribution in [3.63, 3.8) is 0 Å². The fraction of sp³-hybridized carbons (Fsp3) is 0. The second kappa shape index (κ2) is 30.3. The summed E-state index contributed by atoms with van der Waals surface area (Å²) in [6, 6.07) is 0. The molecule has 0 unspecified atom stereocenters. The summed E-state index contributed by atoms with van der Waals surface area (Å²) in [7, 11) is -5.17. The van der Waals surface area contributed by atoms with E-state index in [1.54, 1.807) is 0 Å². The Kier molecular flexibility index (Phi) is 218. The topological polar surface area (TPSA) is 272 Å². The molecular weight excluding hydrogens is 243 g/mol. The monoisotopic (exact) mass is 257 g/mol. The Morgan fingerprint density at radius 2 is 0.833 bits per heavy atom. The van der Waals surface area contributed by atoms with Gasteiger partial charge in [0.15, 0.2) is 0 Å². The third-order valence-corrected chi connectivity index (χ3v) is 0. The summed E-state index contributed by atoms with van der Waals surface area (Å²) in [6.45, 7) is 0. The van der Waals surface area contributed by atoms with Gasteiger partial charge in [-0.05, 0) is 0 Å². The Balaban J connectivity index is -0.00000000381. The predicted octanol–water partition coefficient (Wildman–Crippen LogP) is -5.97. The van der Waals surface area contributed by atoms with Gasteiger partial charge in [-0.2, -0.15) is 0 Å². The molecule has 0 amide bonds. The maximum absolute atomic E-state index is 8.52. The van der Waals surface area contributed by atoms with Gasteiger partial charge in [-0.1, -0.05) is 0 Å². The van der Waals surface area contributed by atoms with Crippen LogP contribution in [-0.2, 0) is 56.3 Å². The number of hydrogen-bond acceptors (Lipinski definition) is 4. The Hall–Kier alpha value is 0.214. The molecule has 0 aliphatic carbocycles. The summed E-state index contributed by atoms with van der Waals surface area (Å²) < 4.78 is 34.1. The van der Waals surface area contributed by atoms with E-state index in [0.29, 0.717) is 0 Å². The second-order valence-corrected chi connectivity index (χ2v) is 1.22. The molecule has 0 aliphatic heterocycles. The third-order valence-electron chi connectivity index (χ3n) is 0. The SMILES string of the molecule is O.O=S(=O)([O-])[O-].[O-2].[OH3+].[OH3+].[OH3+].[OH3+].[V+4]. The molecule has 0 atom stereocenters. The second-order valence-electron chi connectivity index (χ2n) is 0.408. The standard InChI is InChI=1S/H2O4S.5H2O.O.V/c1-5(2,3)4;;;;;;;/h(H2,1,2,3,4);5*1H2;;/q;;;;;;-2;+4/p+2. The minimum absolute atomic E-state index is 0. The van der Waals surface area contributed by atoms with E-state index in [4.69, 9.17) is 17.5 Å². The first-order chi connectivity index (χ1) is 2.00. The maximum Gasteiger partial charge on any atom is 4.00 e. The van der Waals surface area contributed by atoms with Gasteiger partial charge >= 0.3 is 18.6 Å². The van der Waals surface area contributed by atoms with Gasteiger partial charge in [0.25, 0.3) is 0 Å². The average Bonchev–Trinajstić information content (AvgIpc) is 0.722. The summed E-state index contributed by atoms with van der Waals surface area (Å²) >= 11 is 0. The molecule has 81 valence electrons. The summed E-state index contributed by atoms with van der Waals surface area (Å²) in [5, 5.41) is 0. The van der Waals surface area contributed by atoms with Gasteiger partial charge in [-0.3, -0.25) is 8.42 Å². The van der Waals surface area contributed by atoms with Crippen molar-refractivity contribution in [1.29, 1.82) is 0 Å². The molecule has 0 aromatic rings. The normalized spacial score (nSPS) is 4.83. The first kappa shape index (κ1) is 86.5. The van der Waals surface area contributed by atoms with Crippen LogP contribution in [0.15, 0.2) is 0 Å². The van der Waals surface area contributed by atoms with E-state index in [0.717, 1.165) is 0 Å². The van der Waals surface area contributed by atoms with E-state index < -0.39 is 10.4 Å². The zero-order valence-electron chi connectivity index (χ0n) is 5.71. The van der Waals surface area contributed by atoms with Crippen molar-refractivity contribution in [3.8, 4) is 0 Å². The van der Waals surface area contributed by atoms with E-state index in [1.165, 1.54) is 0 Å². The van der Waals surface area contributed by atoms with Gasteiger partial charge in [-0.15, -0.1) is 0 Å². The van der Waals surface area contributed by atoms with Crippen molar-refractivity contribution in [2.45, 2.75) is 0 Å². The van der Waals surface area contributed by atoms with E-state index in [-0.39, 0.29) is 51.4 Å². The molecule has 0 saturated heterocycles. The molecule has 0 saturated carbocycles. The van der Waals surface area contributed by atoms with Crippen molar-refractivity contribution < 1.29 is 68.9 Å². The van der Waals surface area contributed by atoms with Gasteiger partial charge < -0.3 is 42.0 Å². The zero-order chi connectivity index (χ0) is 4.50. The van der Waals surface area contributed by atoms with Crippen molar-refractivity contribution in [2.24, 2.45) is 0 Å². The van der Waals surface area contributed by atoms with E-state index in [9.17, 15) is 0 Å². The van der Waals surface area contributed by atoms with Crippen molar-refractivity contribution in [3.05, 3.63) is 0 Å². The van der Waals surface area contributed by atoms with Crippen LogP contribution in [0.2, 0.25) is 0 Å². The molecule has 10 nitrogen and oxygen atoms in total.